The molecule has 0 rings (SSSR count). The smallest absolute Gasteiger partial charge is 0.0437 e. The molecule has 0 radical (unpaired) electrons. The van der Waals surface area contributed by atoms with Gasteiger partial charge < -0.3 is 10.2 Å². The highest BCUT2D eigenvalue weighted by Gasteiger charge is 1.64. The van der Waals surface area contributed by atoms with Crippen molar-refractivity contribution in [3.05, 3.63) is 0 Å². The Bertz CT molecular complexity index is 13.0. The van der Waals surface area contributed by atoms with Gasteiger partial charge >= 0.3 is 0 Å². The van der Waals surface area contributed by atoms with Crippen LogP contribution in [0.25, 0.3) is 0 Å². The zero-order valence-electron chi connectivity index (χ0n) is 4.32. The second-order valence-electron chi connectivity index (χ2n) is 0.781. The molecule has 0 aromatic heterocycles. The summed E-state index contributed by atoms with van der Waals surface area (Å²) in [5.41, 5.74) is 0. The van der Waals surface area contributed by atoms with Crippen molar-refractivity contribution in [1.82, 2.24) is 0 Å². The van der Waals surface area contributed by atoms with Crippen LogP contribution >= 0.6 is 0 Å². The van der Waals surface area contributed by atoms with Crippen LogP contribution in [0.5, 0.6) is 0 Å². The van der Waals surface area contributed by atoms with Crippen LogP contribution < -0.4 is 0 Å². The Morgan fingerprint density at radius 1 is 1.17 bits per heavy atom. The van der Waals surface area contributed by atoms with Crippen LogP contribution in [0.4, 0.5) is 0 Å². The second-order valence-corrected chi connectivity index (χ2v) is 0.781. The first-order valence-electron chi connectivity index (χ1n) is 1.99. The standard InChI is InChI=1S/C4H10O.H2O/c1-3-5-4-2;/h3-4H2,1-2H3;1H2. The van der Waals surface area contributed by atoms with Gasteiger partial charge in [0.1, 0.15) is 0 Å². The average Bonchev–Trinajstić information content (AvgIpc) is 1.41. The first-order valence-corrected chi connectivity index (χ1v) is 1.99. The Kier molecular flexibility index (Phi) is 13.8. The van der Waals surface area contributed by atoms with Gasteiger partial charge in [-0.2, -0.15) is 0 Å². The molecule has 6 heavy (non-hydrogen) atoms. The van der Waals surface area contributed by atoms with Crippen molar-refractivity contribution in [3.63, 3.8) is 0 Å². The maximum atomic E-state index is 4.83. The van der Waals surface area contributed by atoms with Crippen molar-refractivity contribution in [2.24, 2.45) is 0 Å². The lowest BCUT2D eigenvalue weighted by Gasteiger charge is -1.86. The van der Waals surface area contributed by atoms with Gasteiger partial charge in [0.2, 0.25) is 0 Å². The highest BCUT2D eigenvalue weighted by molar-refractivity contribution is 4.07. The molecule has 2 heteroatoms. The van der Waals surface area contributed by atoms with Gasteiger partial charge in [-0.15, -0.1) is 0 Å². The van der Waals surface area contributed by atoms with Gasteiger partial charge in [-0.05, 0) is 13.8 Å². The Labute approximate surface area is 38.4 Å². The van der Waals surface area contributed by atoms with E-state index in [4.69, 9.17) is 4.74 Å². The van der Waals surface area contributed by atoms with Gasteiger partial charge in [-0.3, -0.25) is 0 Å². The summed E-state index contributed by atoms with van der Waals surface area (Å²) >= 11 is 0. The number of hydrogen-bond acceptors (Lipinski definition) is 1. The van der Waals surface area contributed by atoms with Crippen LogP contribution in [-0.4, -0.2) is 18.7 Å². The second kappa shape index (κ2) is 8.87. The summed E-state index contributed by atoms with van der Waals surface area (Å²) in [6.45, 7) is 5.67. The van der Waals surface area contributed by atoms with E-state index in [1.165, 1.54) is 0 Å². The highest BCUT2D eigenvalue weighted by Crippen LogP contribution is 1.64. The lowest BCUT2D eigenvalue weighted by atomic mass is 10.8. The fraction of sp³-hybridized carbons (Fsp3) is 1.00. The van der Waals surface area contributed by atoms with E-state index in [2.05, 4.69) is 0 Å². The maximum absolute atomic E-state index is 4.83. The van der Waals surface area contributed by atoms with Crippen LogP contribution in [0.15, 0.2) is 0 Å². The predicted octanol–water partition coefficient (Wildman–Crippen LogP) is 0.218. The fourth-order valence-corrected chi connectivity index (χ4v) is 0.204. The number of ether oxygens (including phenoxy) is 1. The normalized spacial score (nSPS) is 7.00. The van der Waals surface area contributed by atoms with Crippen LogP contribution in [-0.2, 0) is 4.74 Å². The van der Waals surface area contributed by atoms with Crippen molar-refractivity contribution in [3.8, 4) is 0 Å². The van der Waals surface area contributed by atoms with Crippen molar-refractivity contribution < 1.29 is 10.2 Å². The summed E-state index contributed by atoms with van der Waals surface area (Å²) < 4.78 is 4.83. The zero-order chi connectivity index (χ0) is 4.12. The minimum Gasteiger partial charge on any atom is -0.412 e. The average molecular weight is 92.1 g/mol. The SMILES string of the molecule is CCOCC.O. The van der Waals surface area contributed by atoms with Crippen molar-refractivity contribution in [2.75, 3.05) is 13.2 Å². The van der Waals surface area contributed by atoms with Crippen molar-refractivity contribution in [2.45, 2.75) is 13.8 Å². The molecule has 0 aromatic rings. The molecular formula is C4H12O2. The molecule has 0 aliphatic carbocycles. The Morgan fingerprint density at radius 2 is 1.50 bits per heavy atom. The van der Waals surface area contributed by atoms with Crippen LogP contribution in [0.1, 0.15) is 13.8 Å². The van der Waals surface area contributed by atoms with E-state index < -0.39 is 0 Å². The summed E-state index contributed by atoms with van der Waals surface area (Å²) in [6.07, 6.45) is 0. The van der Waals surface area contributed by atoms with Crippen LogP contribution in [0, 0.1) is 0 Å². The van der Waals surface area contributed by atoms with Gasteiger partial charge in [-0.25, -0.2) is 0 Å². The van der Waals surface area contributed by atoms with Crippen molar-refractivity contribution in [1.29, 1.82) is 0 Å². The summed E-state index contributed by atoms with van der Waals surface area (Å²) in [5.74, 6) is 0. The minimum absolute atomic E-state index is 0. The fourth-order valence-electron chi connectivity index (χ4n) is 0.204. The third kappa shape index (κ3) is 9.07. The van der Waals surface area contributed by atoms with E-state index in [-0.39, 0.29) is 5.48 Å². The summed E-state index contributed by atoms with van der Waals surface area (Å²) in [7, 11) is 0. The zero-order valence-corrected chi connectivity index (χ0v) is 4.32. The third-order valence-electron chi connectivity index (χ3n) is 0.408. The lowest BCUT2D eigenvalue weighted by molar-refractivity contribution is 0.162. The molecular weight excluding hydrogens is 80.0 g/mol. The quantitative estimate of drug-likeness (QED) is 0.480. The molecule has 0 aromatic carbocycles. The van der Waals surface area contributed by atoms with E-state index in [0.29, 0.717) is 0 Å². The monoisotopic (exact) mass is 92.1 g/mol. The molecule has 2 N–H and O–H groups in total. The van der Waals surface area contributed by atoms with Crippen molar-refractivity contribution >= 4 is 0 Å². The van der Waals surface area contributed by atoms with E-state index in [1.54, 1.807) is 0 Å². The number of hydrogen-bond donors (Lipinski definition) is 0. The molecule has 0 unspecified atom stereocenters. The summed E-state index contributed by atoms with van der Waals surface area (Å²) in [4.78, 5) is 0. The molecule has 0 atom stereocenters. The van der Waals surface area contributed by atoms with Gasteiger partial charge in [0.15, 0.2) is 0 Å². The topological polar surface area (TPSA) is 40.7 Å². The maximum Gasteiger partial charge on any atom is 0.0437 e. The summed E-state index contributed by atoms with van der Waals surface area (Å²) in [6, 6.07) is 0. The molecule has 0 aliphatic rings. The third-order valence-corrected chi connectivity index (χ3v) is 0.408. The van der Waals surface area contributed by atoms with Gasteiger partial charge in [0, 0.05) is 13.2 Å². The molecule has 0 fully saturated rings. The Balaban J connectivity index is 0. The largest absolute Gasteiger partial charge is 0.412 e. The Hall–Kier alpha value is -0.0800. The van der Waals surface area contributed by atoms with Crippen LogP contribution in [0.3, 0.4) is 0 Å². The highest BCUT2D eigenvalue weighted by atomic mass is 16.5. The minimum atomic E-state index is 0. The molecule has 0 amide bonds. The van der Waals surface area contributed by atoms with Gasteiger partial charge in [0.25, 0.3) is 0 Å². The molecule has 0 bridgehead atoms. The van der Waals surface area contributed by atoms with E-state index in [1.807, 2.05) is 13.8 Å². The lowest BCUT2D eigenvalue weighted by Crippen LogP contribution is -1.84. The van der Waals surface area contributed by atoms with Gasteiger partial charge in [0.05, 0.1) is 0 Å². The first kappa shape index (κ1) is 9.33. The molecule has 0 aliphatic heterocycles. The predicted molar refractivity (Wildman–Crippen MR) is 25.8 cm³/mol. The van der Waals surface area contributed by atoms with E-state index >= 15 is 0 Å². The number of rotatable bonds is 2. The molecule has 0 saturated carbocycles. The van der Waals surface area contributed by atoms with E-state index in [9.17, 15) is 0 Å². The van der Waals surface area contributed by atoms with Gasteiger partial charge in [-0.1, -0.05) is 0 Å². The van der Waals surface area contributed by atoms with E-state index in [0.717, 1.165) is 13.2 Å². The first-order chi connectivity index (χ1) is 2.41. The molecule has 0 spiro atoms. The van der Waals surface area contributed by atoms with Crippen LogP contribution in [0.2, 0.25) is 0 Å². The Morgan fingerprint density at radius 3 is 1.50 bits per heavy atom. The molecule has 0 heterocycles. The molecule has 40 valence electrons. The summed E-state index contributed by atoms with van der Waals surface area (Å²) in [5, 5.41) is 0. The molecule has 0 saturated heterocycles. The molecule has 2 nitrogen and oxygen atoms in total.